The molecule has 0 aliphatic carbocycles. The molecule has 2 fully saturated rings. The Kier molecular flexibility index (Phi) is 20.7. The van der Waals surface area contributed by atoms with Crippen molar-refractivity contribution in [2.75, 3.05) is 39.5 Å². The van der Waals surface area contributed by atoms with E-state index in [1.807, 2.05) is 97.2 Å². The summed E-state index contributed by atoms with van der Waals surface area (Å²) in [4.78, 5) is 50.2. The molecule has 3 aromatic heterocycles. The number of imidazole rings is 3. The van der Waals surface area contributed by atoms with Gasteiger partial charge in [0.25, 0.3) is 11.8 Å². The van der Waals surface area contributed by atoms with Gasteiger partial charge in [-0.3, -0.25) is 9.59 Å². The highest BCUT2D eigenvalue weighted by Crippen LogP contribution is 2.32. The van der Waals surface area contributed by atoms with Crippen molar-refractivity contribution in [1.29, 1.82) is 0 Å². The maximum absolute atomic E-state index is 13.6. The molecule has 0 saturated carbocycles. The van der Waals surface area contributed by atoms with Crippen LogP contribution in [-0.2, 0) is 4.84 Å². The fraction of sp³-hybridized carbons (Fsp3) is 0.306. The minimum Gasteiger partial charge on any atom is -0.488 e. The van der Waals surface area contributed by atoms with Gasteiger partial charge in [0.1, 0.15) is 83.1 Å². The molecule has 2 amide bonds. The lowest BCUT2D eigenvalue weighted by molar-refractivity contribution is -0.0160. The fourth-order valence-corrected chi connectivity index (χ4v) is 12.5. The number of ether oxygens (including phenoxy) is 3. The predicted molar refractivity (Wildman–Crippen MR) is 346 cm³/mol. The molecule has 0 spiro atoms. The Morgan fingerprint density at radius 1 is 0.521 bits per heavy atom. The van der Waals surface area contributed by atoms with E-state index in [0.717, 1.165) is 124 Å². The molecule has 0 unspecified atom stereocenters. The molecule has 4 aliphatic rings. The van der Waals surface area contributed by atoms with E-state index in [-0.39, 0.29) is 61.0 Å². The highest BCUT2D eigenvalue weighted by molar-refractivity contribution is 5.99. The van der Waals surface area contributed by atoms with Crippen LogP contribution in [0.5, 0.6) is 17.2 Å². The largest absolute Gasteiger partial charge is 0.488 e. The van der Waals surface area contributed by atoms with Crippen molar-refractivity contribution in [3.63, 3.8) is 0 Å². The number of piperidine rings is 2. The Morgan fingerprint density at radius 2 is 0.958 bits per heavy atom. The van der Waals surface area contributed by atoms with Gasteiger partial charge in [0.05, 0.1) is 61.4 Å². The van der Waals surface area contributed by atoms with Gasteiger partial charge in [0.2, 0.25) is 0 Å². The number of aromatic nitrogens is 6. The molecule has 4 aliphatic heterocycles. The van der Waals surface area contributed by atoms with Crippen molar-refractivity contribution < 1.29 is 65.2 Å². The van der Waals surface area contributed by atoms with E-state index in [2.05, 4.69) is 38.0 Å². The quantitative estimate of drug-likeness (QED) is 0.0776. The van der Waals surface area contributed by atoms with Gasteiger partial charge in [-0.25, -0.2) is 41.3 Å². The van der Waals surface area contributed by atoms with Gasteiger partial charge in [-0.2, -0.15) is 0 Å². The van der Waals surface area contributed by atoms with Gasteiger partial charge in [-0.1, -0.05) is 11.2 Å². The summed E-state index contributed by atoms with van der Waals surface area (Å²) in [6.45, 7) is 12.9. The van der Waals surface area contributed by atoms with Gasteiger partial charge in [0, 0.05) is 127 Å². The molecule has 24 heteroatoms. The first-order valence-corrected chi connectivity index (χ1v) is 31.4. The lowest BCUT2D eigenvalue weighted by Crippen LogP contribution is -2.57. The van der Waals surface area contributed by atoms with Crippen molar-refractivity contribution >= 4 is 17.6 Å². The summed E-state index contributed by atoms with van der Waals surface area (Å²) >= 11 is 0. The monoisotopic (exact) mass is 1320 g/mol. The first kappa shape index (κ1) is 67.2. The number of oxime groups is 1. The highest BCUT2D eigenvalue weighted by Gasteiger charge is 2.40. The molecule has 500 valence electrons. The van der Waals surface area contributed by atoms with Crippen LogP contribution < -0.4 is 14.2 Å². The molecule has 7 heterocycles. The molecular formula is C72H72F6N10O8. The van der Waals surface area contributed by atoms with E-state index in [0.29, 0.717) is 37.1 Å². The number of benzene rings is 6. The minimum absolute atomic E-state index is 0.0132. The zero-order valence-corrected chi connectivity index (χ0v) is 53.6. The van der Waals surface area contributed by atoms with Crippen LogP contribution in [0, 0.1) is 76.4 Å². The number of aliphatic hydroxyl groups excluding tert-OH is 2. The number of hydrogen-bond donors (Lipinski definition) is 2. The van der Waals surface area contributed by atoms with E-state index in [4.69, 9.17) is 19.0 Å². The number of halogens is 6. The lowest BCUT2D eigenvalue weighted by atomic mass is 9.96. The number of fused-ring (bicyclic) bond motifs is 1. The molecule has 6 atom stereocenters. The second kappa shape index (κ2) is 29.6. The molecule has 2 saturated heterocycles. The fourth-order valence-electron chi connectivity index (χ4n) is 12.5. The van der Waals surface area contributed by atoms with Crippen LogP contribution in [0.3, 0.4) is 0 Å². The second-order valence-corrected chi connectivity index (χ2v) is 24.1. The number of likely N-dealkylation sites (tertiary alicyclic amines) is 1. The topological polar surface area (TPSA) is 187 Å². The van der Waals surface area contributed by atoms with Crippen molar-refractivity contribution in [1.82, 2.24) is 43.4 Å². The third-order valence-corrected chi connectivity index (χ3v) is 17.1. The lowest BCUT2D eigenvalue weighted by Gasteiger charge is -2.43. The number of rotatable bonds is 14. The third kappa shape index (κ3) is 15.6. The Bertz CT molecular complexity index is 4230. The van der Waals surface area contributed by atoms with Crippen LogP contribution in [0.1, 0.15) is 85.7 Å². The molecule has 0 radical (unpaired) electrons. The van der Waals surface area contributed by atoms with Crippen molar-refractivity contribution in [2.45, 2.75) is 104 Å². The SMILES string of the molecule is Cc1cn(-c2ccc(C(=O)N3CC=C[C@H](Oc4cc(F)cc(F)c4)[C@@H]3CO)cc2C)cn1.Cc1cn(-c2ccc(C(=O)N3CCC[C@H](Oc4cc(F)cc(F)c4)[C@@H]3CO)cc2C)cn1.Cc1cn(-c2ccc(C3=NOC[C@H]4[C@@H](Oc5cc(F)cc(F)c5)CCCN34)cc2C)cn1. The average Bonchev–Trinajstić information content (AvgIpc) is 1.27. The number of nitrogens with zero attached hydrogens (tertiary/aromatic N) is 10. The van der Waals surface area contributed by atoms with Crippen molar-refractivity contribution in [3.05, 3.63) is 244 Å². The van der Waals surface area contributed by atoms with E-state index >= 15 is 0 Å². The smallest absolute Gasteiger partial charge is 0.254 e. The Labute approximate surface area is 550 Å². The predicted octanol–water partition coefficient (Wildman–Crippen LogP) is 11.8. The second-order valence-electron chi connectivity index (χ2n) is 24.1. The average molecular weight is 1320 g/mol. The minimum atomic E-state index is -0.767. The summed E-state index contributed by atoms with van der Waals surface area (Å²) < 4.78 is 105. The molecule has 96 heavy (non-hydrogen) atoms. The van der Waals surface area contributed by atoms with E-state index in [1.54, 1.807) is 54.2 Å². The first-order chi connectivity index (χ1) is 46.2. The number of aliphatic hydroxyl groups is 2. The Balaban J connectivity index is 0.000000146. The number of aryl methyl sites for hydroxylation is 6. The van der Waals surface area contributed by atoms with Gasteiger partial charge in [-0.05, 0) is 145 Å². The van der Waals surface area contributed by atoms with Gasteiger partial charge >= 0.3 is 0 Å². The zero-order chi connectivity index (χ0) is 67.9. The third-order valence-electron chi connectivity index (χ3n) is 17.1. The molecule has 2 N–H and O–H groups in total. The van der Waals surface area contributed by atoms with E-state index < -0.39 is 59.2 Å². The van der Waals surface area contributed by atoms with E-state index in [9.17, 15) is 46.1 Å². The summed E-state index contributed by atoms with van der Waals surface area (Å²) in [5.74, 6) is -3.86. The van der Waals surface area contributed by atoms with Crippen LogP contribution >= 0.6 is 0 Å². The molecule has 13 rings (SSSR count). The maximum atomic E-state index is 13.6. The number of amides is 2. The summed E-state index contributed by atoms with van der Waals surface area (Å²) in [6.07, 6.45) is 15.7. The molecule has 0 bridgehead atoms. The van der Waals surface area contributed by atoms with Crippen LogP contribution in [0.15, 0.2) is 164 Å². The standard InChI is InChI=1S/C24H24F2N4O2.C24H25F2N3O3.C24H23F2N3O3/c1-15-8-17(5-6-21(15)29-12-16(2)27-14-29)24-28-31-13-22-23(4-3-7-30(22)24)32-20-10-18(25)9-19(26)11-20;2*1-15-8-17(5-6-21(15)28-12-16(2)27-14-28)24(31)29-7-3-4-23(22(29)13-30)32-20-10-18(25)9-19(26)11-20/h5-6,8-12,14,22-23H,3-4,7,13H2,1-2H3;5-6,8-12,14,22-23,30H,3-4,7,13H2,1-2H3;3-6,8-12,14,22-23,30H,7,13H2,1-2H3/t3*22-,23-/m000/s1. The van der Waals surface area contributed by atoms with Gasteiger partial charge < -0.3 is 57.7 Å². The Hall–Kier alpha value is -10.2. The first-order valence-electron chi connectivity index (χ1n) is 31.4. The number of hydrogen-bond acceptors (Lipinski definition) is 13. The number of carbonyl (C=O) groups is 2. The number of amidine groups is 1. The molecule has 18 nitrogen and oxygen atoms in total. The van der Waals surface area contributed by atoms with Crippen LogP contribution in [-0.4, -0.2) is 147 Å². The van der Waals surface area contributed by atoms with Crippen LogP contribution in [0.2, 0.25) is 0 Å². The van der Waals surface area contributed by atoms with Crippen molar-refractivity contribution in [2.24, 2.45) is 5.16 Å². The van der Waals surface area contributed by atoms with Gasteiger partial charge in [0.15, 0.2) is 5.84 Å². The van der Waals surface area contributed by atoms with Gasteiger partial charge in [-0.15, -0.1) is 0 Å². The Morgan fingerprint density at radius 3 is 1.42 bits per heavy atom. The summed E-state index contributed by atoms with van der Waals surface area (Å²) in [6, 6.07) is 24.6. The highest BCUT2D eigenvalue weighted by atomic mass is 19.2. The molecular weight excluding hydrogens is 1250 g/mol. The van der Waals surface area contributed by atoms with Crippen LogP contribution in [0.4, 0.5) is 26.3 Å². The maximum Gasteiger partial charge on any atom is 0.254 e. The van der Waals surface area contributed by atoms with Crippen molar-refractivity contribution in [3.8, 4) is 34.3 Å². The summed E-state index contributed by atoms with van der Waals surface area (Å²) in [7, 11) is 0. The number of carbonyl (C=O) groups excluding carboxylic acids is 2. The summed E-state index contributed by atoms with van der Waals surface area (Å²) in [5, 5.41) is 24.4. The summed E-state index contributed by atoms with van der Waals surface area (Å²) in [5.41, 5.74) is 10.4. The zero-order valence-electron chi connectivity index (χ0n) is 53.6. The molecule has 6 aromatic carbocycles. The van der Waals surface area contributed by atoms with E-state index in [1.165, 1.54) is 17.0 Å². The van der Waals surface area contributed by atoms with Crippen LogP contribution in [0.25, 0.3) is 17.1 Å². The molecule has 9 aromatic rings. The normalized spacial score (nSPS) is 19.0.